The molecule has 13 heteroatoms. The fourth-order valence-corrected chi connectivity index (χ4v) is 2.07. The molecule has 3 N–H and O–H groups in total. The van der Waals surface area contributed by atoms with E-state index in [0.717, 1.165) is 7.11 Å². The van der Waals surface area contributed by atoms with Crippen molar-refractivity contribution in [3.05, 3.63) is 0 Å². The van der Waals surface area contributed by atoms with E-state index >= 15 is 0 Å². The molecule has 0 amide bonds. The molecule has 0 bridgehead atoms. The molecule has 0 heterocycles. The zero-order valence-corrected chi connectivity index (χ0v) is 20.3. The Balaban J connectivity index is 4.17. The molecule has 0 aromatic heterocycles. The Labute approximate surface area is 198 Å². The predicted molar refractivity (Wildman–Crippen MR) is 113 cm³/mol. The fourth-order valence-electron chi connectivity index (χ4n) is 2.07. The maximum atomic E-state index is 11.8. The van der Waals surface area contributed by atoms with Crippen LogP contribution in [0, 0.1) is 0 Å². The van der Waals surface area contributed by atoms with E-state index in [1.54, 1.807) is 6.92 Å². The van der Waals surface area contributed by atoms with E-state index in [1.165, 1.54) is 20.8 Å². The molecule has 13 nitrogen and oxygen atoms in total. The van der Waals surface area contributed by atoms with Gasteiger partial charge in [-0.05, 0) is 27.2 Å². The highest BCUT2D eigenvalue weighted by Gasteiger charge is 2.29. The van der Waals surface area contributed by atoms with Gasteiger partial charge in [0, 0.05) is 0 Å². The second-order valence-electron chi connectivity index (χ2n) is 8.50. The minimum atomic E-state index is -1.60. The lowest BCUT2D eigenvalue weighted by atomic mass is 10.1. The van der Waals surface area contributed by atoms with Crippen LogP contribution in [0.1, 0.15) is 47.0 Å². The number of rotatable bonds is 17. The maximum absolute atomic E-state index is 11.8. The summed E-state index contributed by atoms with van der Waals surface area (Å²) < 4.78 is 29.3. The van der Waals surface area contributed by atoms with Crippen LogP contribution in [0.4, 0.5) is 0 Å². The maximum Gasteiger partial charge on any atom is 0.317 e. The first-order valence-electron chi connectivity index (χ1n) is 10.5. The Morgan fingerprint density at radius 2 is 1.18 bits per heavy atom. The molecule has 0 spiro atoms. The van der Waals surface area contributed by atoms with Crippen LogP contribution in [-0.4, -0.2) is 103 Å². The van der Waals surface area contributed by atoms with Gasteiger partial charge in [0.2, 0.25) is 0 Å². The highest BCUT2D eigenvalue weighted by Crippen LogP contribution is 2.15. The summed E-state index contributed by atoms with van der Waals surface area (Å²) in [6.45, 7) is 3.66. The number of hydrogen-bond donors (Lipinski definition) is 3. The van der Waals surface area contributed by atoms with Crippen LogP contribution in [-0.2, 0) is 47.6 Å². The molecular formula is C21H36O13. The van der Waals surface area contributed by atoms with Crippen LogP contribution in [0.2, 0.25) is 0 Å². The van der Waals surface area contributed by atoms with Gasteiger partial charge in [-0.1, -0.05) is 6.92 Å². The fraction of sp³-hybridized carbons (Fsp3) is 0.810. The van der Waals surface area contributed by atoms with E-state index < -0.39 is 73.3 Å². The zero-order chi connectivity index (χ0) is 26.4. The van der Waals surface area contributed by atoms with Crippen molar-refractivity contribution in [3.63, 3.8) is 0 Å². The predicted octanol–water partition coefficient (Wildman–Crippen LogP) is -0.777. The molecule has 34 heavy (non-hydrogen) atoms. The number of carbonyl (C=O) groups is 4. The third-order valence-corrected chi connectivity index (χ3v) is 4.33. The Kier molecular flexibility index (Phi) is 13.8. The van der Waals surface area contributed by atoms with Crippen molar-refractivity contribution in [1.82, 2.24) is 0 Å². The molecule has 0 aromatic rings. The number of carbonyl (C=O) groups excluding carboxylic acids is 4. The van der Waals surface area contributed by atoms with Crippen LogP contribution < -0.4 is 0 Å². The summed E-state index contributed by atoms with van der Waals surface area (Å²) in [6, 6.07) is 0. The Bertz CT molecular complexity index is 668. The summed E-state index contributed by atoms with van der Waals surface area (Å²) in [4.78, 5) is 45.9. The molecule has 0 aromatic carbocycles. The Morgan fingerprint density at radius 3 is 1.56 bits per heavy atom. The summed E-state index contributed by atoms with van der Waals surface area (Å²) in [5.41, 5.74) is -4.25. The van der Waals surface area contributed by atoms with Crippen molar-refractivity contribution in [1.29, 1.82) is 0 Å². The Hall–Kier alpha value is -2.32. The van der Waals surface area contributed by atoms with E-state index in [9.17, 15) is 34.5 Å². The van der Waals surface area contributed by atoms with Crippen LogP contribution in [0.5, 0.6) is 0 Å². The average molecular weight is 497 g/mol. The Morgan fingerprint density at radius 1 is 0.735 bits per heavy atom. The van der Waals surface area contributed by atoms with Crippen LogP contribution >= 0.6 is 0 Å². The molecule has 3 unspecified atom stereocenters. The average Bonchev–Trinajstić information content (AvgIpc) is 2.75. The van der Waals surface area contributed by atoms with Gasteiger partial charge in [0.05, 0.1) is 26.9 Å². The van der Waals surface area contributed by atoms with Crippen molar-refractivity contribution in [2.45, 2.75) is 63.8 Å². The number of hydrogen-bond acceptors (Lipinski definition) is 13. The summed E-state index contributed by atoms with van der Waals surface area (Å²) >= 11 is 0. The summed E-state index contributed by atoms with van der Waals surface area (Å²) in [5, 5.41) is 29.5. The lowest BCUT2D eigenvalue weighted by Gasteiger charge is -2.26. The van der Waals surface area contributed by atoms with Gasteiger partial charge in [0.15, 0.2) is 0 Å². The normalized spacial score (nSPS) is 16.4. The molecule has 0 fully saturated rings. The highest BCUT2D eigenvalue weighted by molar-refractivity contribution is 5.91. The summed E-state index contributed by atoms with van der Waals surface area (Å²) in [5.74, 6) is -3.42. The third kappa shape index (κ3) is 14.8. The third-order valence-electron chi connectivity index (χ3n) is 4.33. The monoisotopic (exact) mass is 496 g/mol. The van der Waals surface area contributed by atoms with Crippen molar-refractivity contribution in [2.24, 2.45) is 0 Å². The first kappa shape index (κ1) is 31.7. The minimum absolute atomic E-state index is 0.289. The largest absolute Gasteiger partial charge is 0.469 e. The lowest BCUT2D eigenvalue weighted by Crippen LogP contribution is -2.39. The second kappa shape index (κ2) is 14.8. The second-order valence-corrected chi connectivity index (χ2v) is 8.50. The molecule has 0 aliphatic heterocycles. The van der Waals surface area contributed by atoms with Crippen molar-refractivity contribution >= 4 is 23.9 Å². The molecule has 0 radical (unpaired) electrons. The zero-order valence-electron chi connectivity index (χ0n) is 20.3. The molecule has 0 saturated heterocycles. The van der Waals surface area contributed by atoms with Gasteiger partial charge < -0.3 is 43.7 Å². The number of methoxy groups -OCH3 is 1. The number of aliphatic hydroxyl groups is 3. The minimum Gasteiger partial charge on any atom is -0.469 e. The number of aliphatic hydroxyl groups excluding tert-OH is 1. The van der Waals surface area contributed by atoms with Gasteiger partial charge in [0.25, 0.3) is 0 Å². The van der Waals surface area contributed by atoms with Crippen LogP contribution in [0.25, 0.3) is 0 Å². The molecule has 0 saturated carbocycles. The molecular weight excluding hydrogens is 460 g/mol. The van der Waals surface area contributed by atoms with Gasteiger partial charge in [-0.3, -0.25) is 19.2 Å². The number of esters is 4. The quantitative estimate of drug-likeness (QED) is 0.0750. The smallest absolute Gasteiger partial charge is 0.317 e. The standard InChI is InChI=1S/C21H36O13/c1-6-21(4,9-22)34-18(26)8-17(25)33-13-20(3,28)11-31-14-30-10-19(2,27)12-32-16(24)7-15(23)29-5/h22,27-28H,6-14H2,1-5H3. The van der Waals surface area contributed by atoms with E-state index in [0.29, 0.717) is 6.42 Å². The van der Waals surface area contributed by atoms with Gasteiger partial charge in [-0.25, -0.2) is 0 Å². The lowest BCUT2D eigenvalue weighted by molar-refractivity contribution is -0.174. The van der Waals surface area contributed by atoms with E-state index in [-0.39, 0.29) is 20.0 Å². The van der Waals surface area contributed by atoms with E-state index in [1.807, 2.05) is 0 Å². The number of ether oxygens (including phenoxy) is 6. The van der Waals surface area contributed by atoms with Crippen molar-refractivity contribution in [2.75, 3.05) is 46.9 Å². The van der Waals surface area contributed by atoms with Gasteiger partial charge >= 0.3 is 23.9 Å². The summed E-state index contributed by atoms with van der Waals surface area (Å²) in [7, 11) is 1.12. The van der Waals surface area contributed by atoms with E-state index in [2.05, 4.69) is 4.74 Å². The van der Waals surface area contributed by atoms with Gasteiger partial charge in [-0.15, -0.1) is 0 Å². The van der Waals surface area contributed by atoms with Gasteiger partial charge in [0.1, 0.15) is 49.7 Å². The van der Waals surface area contributed by atoms with E-state index in [4.69, 9.17) is 23.7 Å². The summed E-state index contributed by atoms with van der Waals surface area (Å²) in [6.07, 6.45) is -0.915. The molecule has 0 aliphatic carbocycles. The van der Waals surface area contributed by atoms with Crippen LogP contribution in [0.15, 0.2) is 0 Å². The SMILES string of the molecule is CCC(C)(CO)OC(=O)CC(=O)OCC(C)(O)COCOCC(C)(O)COC(=O)CC(=O)OC. The molecule has 0 aliphatic rings. The first-order chi connectivity index (χ1) is 15.7. The molecule has 3 atom stereocenters. The first-order valence-corrected chi connectivity index (χ1v) is 10.5. The van der Waals surface area contributed by atoms with Crippen molar-refractivity contribution < 1.29 is 62.9 Å². The topological polar surface area (TPSA) is 184 Å². The van der Waals surface area contributed by atoms with Gasteiger partial charge in [-0.2, -0.15) is 0 Å². The van der Waals surface area contributed by atoms with Crippen molar-refractivity contribution in [3.8, 4) is 0 Å². The van der Waals surface area contributed by atoms with Crippen LogP contribution in [0.3, 0.4) is 0 Å². The molecule has 0 rings (SSSR count). The molecule has 198 valence electrons. The highest BCUT2D eigenvalue weighted by atomic mass is 16.7.